The molecule has 0 amide bonds. The maximum Gasteiger partial charge on any atom is 0.244 e. The highest BCUT2D eigenvalue weighted by molar-refractivity contribution is 6.29. The first-order chi connectivity index (χ1) is 3.70. The summed E-state index contributed by atoms with van der Waals surface area (Å²) in [5, 5.41) is 0.757. The molecular weight excluding hydrogens is 124 g/mol. The first-order valence-electron chi connectivity index (χ1n) is 2.37. The smallest absolute Gasteiger partial charge is 0.238 e. The van der Waals surface area contributed by atoms with E-state index in [1.165, 1.54) is 0 Å². The summed E-state index contributed by atoms with van der Waals surface area (Å²) in [5.41, 5.74) is 0. The van der Waals surface area contributed by atoms with Crippen molar-refractivity contribution in [3.63, 3.8) is 0 Å². The van der Waals surface area contributed by atoms with Crippen molar-refractivity contribution in [2.24, 2.45) is 14.1 Å². The lowest BCUT2D eigenvalue weighted by Crippen LogP contribution is -2.23. The van der Waals surface area contributed by atoms with E-state index in [0.717, 1.165) is 5.15 Å². The Morgan fingerprint density at radius 1 is 1.75 bits per heavy atom. The van der Waals surface area contributed by atoms with E-state index < -0.39 is 0 Å². The van der Waals surface area contributed by atoms with Crippen LogP contribution >= 0.6 is 11.6 Å². The maximum atomic E-state index is 5.67. The Hall–Kier alpha value is -0.500. The predicted molar refractivity (Wildman–Crippen MR) is 31.6 cm³/mol. The molecule has 3 heteroatoms. The minimum Gasteiger partial charge on any atom is -0.238 e. The van der Waals surface area contributed by atoms with Gasteiger partial charge in [0.05, 0.1) is 14.1 Å². The van der Waals surface area contributed by atoms with Crippen molar-refractivity contribution in [1.29, 1.82) is 0 Å². The highest BCUT2D eigenvalue weighted by Gasteiger charge is 2.00. The van der Waals surface area contributed by atoms with Gasteiger partial charge in [0.15, 0.2) is 0 Å². The number of nitrogens with zero attached hydrogens (tertiary/aromatic N) is 2. The summed E-state index contributed by atoms with van der Waals surface area (Å²) in [6.45, 7) is 0. The molecule has 0 unspecified atom stereocenters. The first kappa shape index (κ1) is 5.63. The average Bonchev–Trinajstić information content (AvgIpc) is 1.85. The number of aromatic nitrogens is 2. The Morgan fingerprint density at radius 2 is 2.38 bits per heavy atom. The Balaban J connectivity index is 3.14. The summed E-state index contributed by atoms with van der Waals surface area (Å²) in [5.74, 6) is 0. The number of halogens is 1. The zero-order chi connectivity index (χ0) is 6.15. The highest BCUT2D eigenvalue weighted by atomic mass is 35.5. The second kappa shape index (κ2) is 1.78. The molecule has 0 aliphatic rings. The molecule has 0 fully saturated rings. The van der Waals surface area contributed by atoms with Gasteiger partial charge in [0.1, 0.15) is 6.20 Å². The van der Waals surface area contributed by atoms with Crippen LogP contribution in [0, 0.1) is 0 Å². The molecule has 8 heavy (non-hydrogen) atoms. The van der Waals surface area contributed by atoms with Crippen LogP contribution in [0.2, 0.25) is 5.15 Å². The van der Waals surface area contributed by atoms with Gasteiger partial charge in [-0.3, -0.25) is 0 Å². The van der Waals surface area contributed by atoms with Crippen LogP contribution < -0.4 is 4.57 Å². The molecule has 0 saturated carbocycles. The molecule has 0 aliphatic carbocycles. The minimum atomic E-state index is 0.757. The Morgan fingerprint density at radius 3 is 2.50 bits per heavy atom. The molecule has 2 nitrogen and oxygen atoms in total. The third-order valence-corrected chi connectivity index (χ3v) is 1.37. The Bertz CT molecular complexity index is 173. The fourth-order valence-corrected chi connectivity index (χ4v) is 0.818. The molecule has 0 radical (unpaired) electrons. The molecule has 0 spiro atoms. The van der Waals surface area contributed by atoms with Gasteiger partial charge in [0.25, 0.3) is 0 Å². The monoisotopic (exact) mass is 131 g/mol. The number of imidazole rings is 1. The van der Waals surface area contributed by atoms with E-state index >= 15 is 0 Å². The molecule has 0 aromatic carbocycles. The number of hydrogen-bond donors (Lipinski definition) is 0. The van der Waals surface area contributed by atoms with Gasteiger partial charge in [-0.2, -0.15) is 0 Å². The van der Waals surface area contributed by atoms with Crippen molar-refractivity contribution in [2.45, 2.75) is 0 Å². The summed E-state index contributed by atoms with van der Waals surface area (Å²) >= 11 is 5.67. The zero-order valence-corrected chi connectivity index (χ0v) is 5.68. The summed E-state index contributed by atoms with van der Waals surface area (Å²) in [7, 11) is 3.84. The molecule has 0 bridgehead atoms. The van der Waals surface area contributed by atoms with Crippen LogP contribution in [0.15, 0.2) is 12.5 Å². The van der Waals surface area contributed by atoms with Gasteiger partial charge in [0.2, 0.25) is 11.5 Å². The molecule has 44 valence electrons. The van der Waals surface area contributed by atoms with Crippen LogP contribution in [-0.2, 0) is 14.1 Å². The van der Waals surface area contributed by atoms with Gasteiger partial charge in [-0.05, 0) is 11.6 Å². The molecule has 0 N–H and O–H groups in total. The van der Waals surface area contributed by atoms with Crippen molar-refractivity contribution in [3.8, 4) is 0 Å². The summed E-state index contributed by atoms with van der Waals surface area (Å²) in [6.07, 6.45) is 3.75. The van der Waals surface area contributed by atoms with Crippen LogP contribution in [0.4, 0.5) is 0 Å². The fraction of sp³-hybridized carbons (Fsp3) is 0.400. The molecule has 1 aromatic heterocycles. The Kier molecular flexibility index (Phi) is 1.26. The molecule has 0 aliphatic heterocycles. The third kappa shape index (κ3) is 0.842. The van der Waals surface area contributed by atoms with E-state index in [4.69, 9.17) is 11.6 Å². The topological polar surface area (TPSA) is 8.81 Å². The predicted octanol–water partition coefficient (Wildman–Crippen LogP) is 0.503. The van der Waals surface area contributed by atoms with Crippen molar-refractivity contribution in [1.82, 2.24) is 4.57 Å². The first-order valence-corrected chi connectivity index (χ1v) is 2.75. The number of rotatable bonds is 0. The lowest BCUT2D eigenvalue weighted by Gasteiger charge is -1.75. The molecule has 1 rings (SSSR count). The quantitative estimate of drug-likeness (QED) is 0.454. The minimum absolute atomic E-state index is 0.757. The molecule has 0 saturated heterocycles. The van der Waals surface area contributed by atoms with Gasteiger partial charge in [-0.15, -0.1) is 0 Å². The van der Waals surface area contributed by atoms with Gasteiger partial charge in [0, 0.05) is 0 Å². The zero-order valence-electron chi connectivity index (χ0n) is 4.93. The van der Waals surface area contributed by atoms with Gasteiger partial charge in [-0.1, -0.05) is 0 Å². The second-order valence-electron chi connectivity index (χ2n) is 1.84. The molecule has 1 heterocycles. The van der Waals surface area contributed by atoms with E-state index in [1.807, 2.05) is 35.8 Å². The van der Waals surface area contributed by atoms with Gasteiger partial charge >= 0.3 is 0 Å². The maximum absolute atomic E-state index is 5.67. The van der Waals surface area contributed by atoms with Gasteiger partial charge in [-0.25, -0.2) is 9.13 Å². The fourth-order valence-electron chi connectivity index (χ4n) is 0.621. The second-order valence-corrected chi connectivity index (χ2v) is 2.23. The van der Waals surface area contributed by atoms with E-state index in [1.54, 1.807) is 0 Å². The lowest BCUT2D eigenvalue weighted by atomic mass is 10.9. The van der Waals surface area contributed by atoms with Crippen molar-refractivity contribution in [3.05, 3.63) is 17.7 Å². The summed E-state index contributed by atoms with van der Waals surface area (Å²) in [6, 6.07) is 0. The molecular formula is C5H8ClN2+. The highest BCUT2D eigenvalue weighted by Crippen LogP contribution is 2.00. The van der Waals surface area contributed by atoms with E-state index in [-0.39, 0.29) is 0 Å². The molecule has 0 atom stereocenters. The van der Waals surface area contributed by atoms with Crippen LogP contribution in [0.5, 0.6) is 0 Å². The standard InChI is InChI=1S/C5H8ClN2/c1-7-3-5(6)8(2)4-7/h3-4H,1-2H3/q+1. The lowest BCUT2D eigenvalue weighted by molar-refractivity contribution is -0.670. The molecule has 1 aromatic rings. The SMILES string of the molecule is Cn1c[n+](C)cc1Cl. The van der Waals surface area contributed by atoms with Crippen molar-refractivity contribution in [2.75, 3.05) is 0 Å². The van der Waals surface area contributed by atoms with Crippen LogP contribution in [0.1, 0.15) is 0 Å². The van der Waals surface area contributed by atoms with Crippen molar-refractivity contribution >= 4 is 11.6 Å². The van der Waals surface area contributed by atoms with E-state index in [2.05, 4.69) is 0 Å². The van der Waals surface area contributed by atoms with Crippen molar-refractivity contribution < 1.29 is 4.57 Å². The summed E-state index contributed by atoms with van der Waals surface area (Å²) < 4.78 is 3.75. The number of hydrogen-bond acceptors (Lipinski definition) is 0. The normalized spacial score (nSPS) is 9.88. The Labute approximate surface area is 53.3 Å². The largest absolute Gasteiger partial charge is 0.244 e. The van der Waals surface area contributed by atoms with Crippen LogP contribution in [-0.4, -0.2) is 4.57 Å². The average molecular weight is 132 g/mol. The summed E-state index contributed by atoms with van der Waals surface area (Å²) in [4.78, 5) is 0. The number of aryl methyl sites for hydroxylation is 2. The van der Waals surface area contributed by atoms with Crippen LogP contribution in [0.25, 0.3) is 0 Å². The van der Waals surface area contributed by atoms with E-state index in [9.17, 15) is 0 Å². The third-order valence-electron chi connectivity index (χ3n) is 1.00. The van der Waals surface area contributed by atoms with Gasteiger partial charge < -0.3 is 0 Å². The van der Waals surface area contributed by atoms with E-state index in [0.29, 0.717) is 0 Å². The van der Waals surface area contributed by atoms with Crippen LogP contribution in [0.3, 0.4) is 0 Å².